The highest BCUT2D eigenvalue weighted by atomic mass is 16.5. The number of hydrazine groups is 1. The first-order valence-electron chi connectivity index (χ1n) is 7.54. The molecule has 2 heterocycles. The van der Waals surface area contributed by atoms with E-state index in [-0.39, 0.29) is 6.10 Å². The number of nitrogens with one attached hydrogen (secondary N) is 1. The Balaban J connectivity index is 2.21. The smallest absolute Gasteiger partial charge is 0.323 e. The molecule has 3 N–H and O–H groups in total. The number of rotatable bonds is 4. The van der Waals surface area contributed by atoms with Gasteiger partial charge in [0.25, 0.3) is 0 Å². The molecule has 7 nitrogen and oxygen atoms in total. The summed E-state index contributed by atoms with van der Waals surface area (Å²) in [6, 6.07) is 0.312. The summed E-state index contributed by atoms with van der Waals surface area (Å²) in [5.41, 5.74) is 2.85. The monoisotopic (exact) mass is 294 g/mol. The molecule has 0 unspecified atom stereocenters. The molecular formula is C14H26N6O. The van der Waals surface area contributed by atoms with E-state index < -0.39 is 0 Å². The highest BCUT2D eigenvalue weighted by molar-refractivity contribution is 5.38. The fraction of sp³-hybridized carbons (Fsp3) is 0.786. The highest BCUT2D eigenvalue weighted by Crippen LogP contribution is 2.31. The Morgan fingerprint density at radius 1 is 1.19 bits per heavy atom. The van der Waals surface area contributed by atoms with Crippen molar-refractivity contribution in [3.63, 3.8) is 0 Å². The van der Waals surface area contributed by atoms with Crippen LogP contribution in [0.4, 0.5) is 11.9 Å². The van der Waals surface area contributed by atoms with Gasteiger partial charge in [-0.1, -0.05) is 13.8 Å². The summed E-state index contributed by atoms with van der Waals surface area (Å²) >= 11 is 0. The van der Waals surface area contributed by atoms with Gasteiger partial charge in [0.2, 0.25) is 11.9 Å². The molecule has 0 amide bonds. The van der Waals surface area contributed by atoms with Gasteiger partial charge in [-0.15, -0.1) is 0 Å². The second kappa shape index (κ2) is 6.43. The molecule has 1 aliphatic heterocycles. The zero-order valence-corrected chi connectivity index (χ0v) is 13.4. The fourth-order valence-corrected chi connectivity index (χ4v) is 2.44. The van der Waals surface area contributed by atoms with Crippen LogP contribution in [0.1, 0.15) is 47.0 Å². The quantitative estimate of drug-likeness (QED) is 0.648. The van der Waals surface area contributed by atoms with Crippen molar-refractivity contribution in [3.05, 3.63) is 0 Å². The topological polar surface area (TPSA) is 89.2 Å². The van der Waals surface area contributed by atoms with Gasteiger partial charge in [0.1, 0.15) is 0 Å². The molecule has 0 spiro atoms. The maximum absolute atomic E-state index is 5.58. The molecule has 1 fully saturated rings. The lowest BCUT2D eigenvalue weighted by Crippen LogP contribution is -2.28. The molecule has 7 heteroatoms. The molecule has 0 aliphatic carbocycles. The average molecular weight is 294 g/mol. The summed E-state index contributed by atoms with van der Waals surface area (Å²) in [6.07, 6.45) is 3.47. The zero-order valence-electron chi connectivity index (χ0n) is 13.4. The number of anilines is 2. The minimum atomic E-state index is 0.00828. The van der Waals surface area contributed by atoms with Crippen molar-refractivity contribution < 1.29 is 4.74 Å². The number of nitrogens with two attached hydrogens (primary N) is 1. The minimum Gasteiger partial charge on any atom is -0.461 e. The van der Waals surface area contributed by atoms with E-state index in [9.17, 15) is 0 Å². The van der Waals surface area contributed by atoms with E-state index >= 15 is 0 Å². The third-order valence-electron chi connectivity index (χ3n) is 3.70. The van der Waals surface area contributed by atoms with Gasteiger partial charge >= 0.3 is 6.01 Å². The summed E-state index contributed by atoms with van der Waals surface area (Å²) in [7, 11) is 0. The van der Waals surface area contributed by atoms with Gasteiger partial charge in [0.05, 0.1) is 6.10 Å². The summed E-state index contributed by atoms with van der Waals surface area (Å²) < 4.78 is 5.58. The van der Waals surface area contributed by atoms with E-state index in [0.717, 1.165) is 25.9 Å². The molecule has 0 saturated carbocycles. The van der Waals surface area contributed by atoms with Gasteiger partial charge in [-0.3, -0.25) is 5.43 Å². The van der Waals surface area contributed by atoms with Gasteiger partial charge in [-0.2, -0.15) is 15.0 Å². The lowest BCUT2D eigenvalue weighted by atomic mass is 9.85. The van der Waals surface area contributed by atoms with Gasteiger partial charge in [-0.25, -0.2) is 5.84 Å². The lowest BCUT2D eigenvalue weighted by molar-refractivity contribution is 0.222. The van der Waals surface area contributed by atoms with Gasteiger partial charge < -0.3 is 9.64 Å². The average Bonchev–Trinajstić information content (AvgIpc) is 2.58. The maximum Gasteiger partial charge on any atom is 0.323 e. The second-order valence-corrected chi connectivity index (χ2v) is 6.56. The number of hydrogen-bond acceptors (Lipinski definition) is 7. The molecule has 118 valence electrons. The maximum atomic E-state index is 5.58. The van der Waals surface area contributed by atoms with Gasteiger partial charge in [0.15, 0.2) is 0 Å². The molecule has 21 heavy (non-hydrogen) atoms. The Hall–Kier alpha value is -1.63. The SMILES string of the molecule is CC(C)Oc1nc(NN)nc(N2CCCC(C)(C)CC2)n1. The van der Waals surface area contributed by atoms with E-state index in [1.165, 1.54) is 6.42 Å². The summed E-state index contributed by atoms with van der Waals surface area (Å²) in [5, 5.41) is 0. The Morgan fingerprint density at radius 3 is 2.62 bits per heavy atom. The van der Waals surface area contributed by atoms with Crippen LogP contribution in [0.15, 0.2) is 0 Å². The highest BCUT2D eigenvalue weighted by Gasteiger charge is 2.25. The first-order valence-corrected chi connectivity index (χ1v) is 7.54. The first-order chi connectivity index (χ1) is 9.89. The van der Waals surface area contributed by atoms with Crippen molar-refractivity contribution in [2.45, 2.75) is 53.1 Å². The Bertz CT molecular complexity index is 477. The van der Waals surface area contributed by atoms with Crippen LogP contribution in [-0.4, -0.2) is 34.1 Å². The predicted octanol–water partition coefficient (Wildman–Crippen LogP) is 1.96. The summed E-state index contributed by atoms with van der Waals surface area (Å²) in [5.74, 6) is 6.41. The molecule has 2 rings (SSSR count). The van der Waals surface area contributed by atoms with Crippen molar-refractivity contribution in [1.82, 2.24) is 15.0 Å². The largest absolute Gasteiger partial charge is 0.461 e. The van der Waals surface area contributed by atoms with Gasteiger partial charge in [-0.05, 0) is 38.5 Å². The molecule has 1 saturated heterocycles. The van der Waals surface area contributed by atoms with Crippen LogP contribution < -0.4 is 20.9 Å². The number of nitrogens with zero attached hydrogens (tertiary/aromatic N) is 4. The molecule has 1 aliphatic rings. The van der Waals surface area contributed by atoms with Crippen molar-refractivity contribution in [2.24, 2.45) is 11.3 Å². The van der Waals surface area contributed by atoms with E-state index in [1.807, 2.05) is 13.8 Å². The first kappa shape index (κ1) is 15.8. The van der Waals surface area contributed by atoms with Crippen LogP contribution in [0.25, 0.3) is 0 Å². The van der Waals surface area contributed by atoms with Crippen LogP contribution in [0.2, 0.25) is 0 Å². The fourth-order valence-electron chi connectivity index (χ4n) is 2.44. The number of aromatic nitrogens is 3. The van der Waals surface area contributed by atoms with Crippen LogP contribution in [0.3, 0.4) is 0 Å². The molecule has 0 atom stereocenters. The predicted molar refractivity (Wildman–Crippen MR) is 83.2 cm³/mol. The molecule has 1 aromatic heterocycles. The number of ether oxygens (including phenoxy) is 1. The van der Waals surface area contributed by atoms with E-state index in [4.69, 9.17) is 10.6 Å². The minimum absolute atomic E-state index is 0.00828. The van der Waals surface area contributed by atoms with E-state index in [1.54, 1.807) is 0 Å². The van der Waals surface area contributed by atoms with Crippen molar-refractivity contribution in [2.75, 3.05) is 23.4 Å². The normalized spacial score (nSPS) is 18.5. The number of nitrogen functional groups attached to an aromatic ring is 1. The van der Waals surface area contributed by atoms with Crippen molar-refractivity contribution in [1.29, 1.82) is 0 Å². The van der Waals surface area contributed by atoms with E-state index in [2.05, 4.69) is 39.1 Å². The molecule has 0 aromatic carbocycles. The summed E-state index contributed by atoms with van der Waals surface area (Å²) in [6.45, 7) is 10.4. The molecular weight excluding hydrogens is 268 g/mol. The lowest BCUT2D eigenvalue weighted by Gasteiger charge is -2.23. The molecule has 0 radical (unpaired) electrons. The third-order valence-corrected chi connectivity index (χ3v) is 3.70. The Labute approximate surface area is 126 Å². The molecule has 0 bridgehead atoms. The van der Waals surface area contributed by atoms with Crippen LogP contribution in [0.5, 0.6) is 6.01 Å². The van der Waals surface area contributed by atoms with E-state index in [0.29, 0.717) is 23.3 Å². The van der Waals surface area contributed by atoms with Crippen molar-refractivity contribution >= 4 is 11.9 Å². The standard InChI is InChI=1S/C14H26N6O/c1-10(2)21-13-17-11(19-15)16-12(18-13)20-8-5-6-14(3,4)7-9-20/h10H,5-9,15H2,1-4H3,(H,16,17,18,19). The molecule has 1 aromatic rings. The van der Waals surface area contributed by atoms with Crippen molar-refractivity contribution in [3.8, 4) is 6.01 Å². The third kappa shape index (κ3) is 4.42. The van der Waals surface area contributed by atoms with Gasteiger partial charge in [0, 0.05) is 13.1 Å². The zero-order chi connectivity index (χ0) is 15.5. The summed E-state index contributed by atoms with van der Waals surface area (Å²) in [4.78, 5) is 15.1. The Morgan fingerprint density at radius 2 is 1.95 bits per heavy atom. The van der Waals surface area contributed by atoms with Crippen LogP contribution >= 0.6 is 0 Å². The number of hydrogen-bond donors (Lipinski definition) is 2. The second-order valence-electron chi connectivity index (χ2n) is 6.56. The van der Waals surface area contributed by atoms with Crippen LogP contribution in [-0.2, 0) is 0 Å². The van der Waals surface area contributed by atoms with Crippen LogP contribution in [0, 0.1) is 5.41 Å². The Kier molecular flexibility index (Phi) is 4.82.